The minimum absolute atomic E-state index is 0.0147. The third kappa shape index (κ3) is 6.67. The van der Waals surface area contributed by atoms with Gasteiger partial charge in [-0.1, -0.05) is 0 Å². The van der Waals surface area contributed by atoms with E-state index in [2.05, 4.69) is 32.7 Å². The Morgan fingerprint density at radius 1 is 1.26 bits per heavy atom. The summed E-state index contributed by atoms with van der Waals surface area (Å²) in [6.07, 6.45) is 2.49. The van der Waals surface area contributed by atoms with Gasteiger partial charge in [-0.3, -0.25) is 0 Å². The summed E-state index contributed by atoms with van der Waals surface area (Å²) in [7, 11) is 1.84. The molecule has 1 saturated heterocycles. The van der Waals surface area contributed by atoms with Crippen LogP contribution in [0.1, 0.15) is 43.2 Å². The van der Waals surface area contributed by atoms with E-state index in [1.165, 1.54) is 10.7 Å². The van der Waals surface area contributed by atoms with Gasteiger partial charge in [-0.05, 0) is 0 Å². The van der Waals surface area contributed by atoms with Crippen LogP contribution < -0.4 is 15.1 Å². The topological polar surface area (TPSA) is 79.5 Å². The second kappa shape index (κ2) is 11.0. The molecule has 8 nitrogen and oxygen atoms in total. The van der Waals surface area contributed by atoms with Crippen LogP contribution in [0, 0.1) is 11.8 Å². The van der Waals surface area contributed by atoms with Crippen LogP contribution in [0.15, 0.2) is 30.6 Å². The molecule has 2 atom stereocenters. The van der Waals surface area contributed by atoms with E-state index in [4.69, 9.17) is 0 Å². The Morgan fingerprint density at radius 2 is 2.03 bits per heavy atom. The van der Waals surface area contributed by atoms with Gasteiger partial charge in [-0.25, -0.2) is 0 Å². The SMILES string of the molecule is CN1CC[C@@H](Nc2cccc3c([Se]C(F)(F)F)c(C#CCNC(=O)c4cnn(C(C)(C)C)c4)nn23)[C@@H](F)C1. The normalized spacial score (nSPS) is 18.7. The van der Waals surface area contributed by atoms with Gasteiger partial charge >= 0.3 is 224 Å². The van der Waals surface area contributed by atoms with Gasteiger partial charge in [0.1, 0.15) is 0 Å². The number of likely N-dealkylation sites (tertiary alicyclic amines) is 1. The predicted molar refractivity (Wildman–Crippen MR) is 137 cm³/mol. The number of anilines is 1. The van der Waals surface area contributed by atoms with Crippen LogP contribution in [0.2, 0.25) is 0 Å². The number of carbonyl (C=O) groups excluding carboxylic acids is 1. The molecule has 1 amide bonds. The second-order valence-electron chi connectivity index (χ2n) is 10.1. The molecule has 204 valence electrons. The van der Waals surface area contributed by atoms with Crippen molar-refractivity contribution in [1.29, 1.82) is 0 Å². The first-order valence-corrected chi connectivity index (χ1v) is 13.7. The molecule has 0 saturated carbocycles. The van der Waals surface area contributed by atoms with E-state index in [9.17, 15) is 22.4 Å². The maximum atomic E-state index is 14.6. The number of pyridine rings is 1. The number of nitrogens with zero attached hydrogens (tertiary/aromatic N) is 5. The number of halogens is 4. The van der Waals surface area contributed by atoms with Crippen molar-refractivity contribution in [2.75, 3.05) is 32.0 Å². The van der Waals surface area contributed by atoms with Gasteiger partial charge in [0.15, 0.2) is 0 Å². The summed E-state index contributed by atoms with van der Waals surface area (Å²) < 4.78 is 58.0. The van der Waals surface area contributed by atoms with Gasteiger partial charge in [0.2, 0.25) is 0 Å². The number of carbonyl (C=O) groups is 1. The fraction of sp³-hybridized carbons (Fsp3) is 0.480. The molecule has 3 aromatic heterocycles. The second-order valence-corrected chi connectivity index (χ2v) is 12.3. The van der Waals surface area contributed by atoms with Crippen molar-refractivity contribution >= 4 is 36.7 Å². The Morgan fingerprint density at radius 3 is 2.68 bits per heavy atom. The number of amides is 1. The molecule has 38 heavy (non-hydrogen) atoms. The number of rotatable bonds is 5. The van der Waals surface area contributed by atoms with Gasteiger partial charge in [0.25, 0.3) is 0 Å². The fourth-order valence-corrected chi connectivity index (χ4v) is 5.45. The van der Waals surface area contributed by atoms with Crippen molar-refractivity contribution in [1.82, 2.24) is 29.6 Å². The summed E-state index contributed by atoms with van der Waals surface area (Å²) in [6, 6.07) is 4.34. The van der Waals surface area contributed by atoms with Crippen molar-refractivity contribution in [2.45, 2.75) is 50.0 Å². The molecule has 13 heteroatoms. The van der Waals surface area contributed by atoms with Gasteiger partial charge in [0.05, 0.1) is 0 Å². The van der Waals surface area contributed by atoms with Crippen LogP contribution in [-0.4, -0.2) is 89.1 Å². The van der Waals surface area contributed by atoms with E-state index >= 15 is 0 Å². The molecule has 3 aromatic rings. The molecule has 1 aliphatic rings. The molecule has 0 aromatic carbocycles. The van der Waals surface area contributed by atoms with Crippen LogP contribution in [0.5, 0.6) is 0 Å². The average Bonchev–Trinajstić information content (AvgIpc) is 3.44. The molecule has 1 fully saturated rings. The summed E-state index contributed by atoms with van der Waals surface area (Å²) in [5.74, 6) is 5.41. The zero-order chi connectivity index (χ0) is 27.7. The van der Waals surface area contributed by atoms with E-state index in [-0.39, 0.29) is 34.3 Å². The summed E-state index contributed by atoms with van der Waals surface area (Å²) >= 11 is -1.90. The summed E-state index contributed by atoms with van der Waals surface area (Å²) in [5.41, 5.74) is 0.307. The van der Waals surface area contributed by atoms with E-state index in [0.29, 0.717) is 24.3 Å². The van der Waals surface area contributed by atoms with Crippen molar-refractivity contribution < 1.29 is 22.4 Å². The minimum atomic E-state index is -4.42. The fourth-order valence-electron chi connectivity index (χ4n) is 4.03. The molecule has 0 bridgehead atoms. The summed E-state index contributed by atoms with van der Waals surface area (Å²) in [5, 5.41) is 9.86. The van der Waals surface area contributed by atoms with Crippen LogP contribution in [0.25, 0.3) is 5.52 Å². The molecule has 4 heterocycles. The molecule has 0 spiro atoms. The summed E-state index contributed by atoms with van der Waals surface area (Å²) in [4.78, 5) is 14.3. The summed E-state index contributed by atoms with van der Waals surface area (Å²) in [6.45, 7) is 6.74. The zero-order valence-corrected chi connectivity index (χ0v) is 23.1. The van der Waals surface area contributed by atoms with Crippen molar-refractivity contribution in [2.24, 2.45) is 0 Å². The number of fused-ring (bicyclic) bond motifs is 1. The number of piperidine rings is 1. The zero-order valence-electron chi connectivity index (χ0n) is 21.4. The third-order valence-electron chi connectivity index (χ3n) is 5.98. The molecule has 0 aliphatic carbocycles. The van der Waals surface area contributed by atoms with E-state index in [1.54, 1.807) is 29.1 Å². The van der Waals surface area contributed by atoms with E-state index < -0.39 is 38.2 Å². The standard InChI is InChI=1S/C25H29F4N7OSe/c1-24(2,3)35-14-16(13-31-35)23(37)30-11-6-7-19-22(38-25(27,28)29)20-8-5-9-21(36(20)33-19)32-18-10-12-34(4)15-17(18)26/h5,8-9,13-14,17-18,32H,10-12,15H2,1-4H3,(H,30,37)/t17-,18+/m0/s1. The number of hydrogen-bond acceptors (Lipinski definition) is 5. The van der Waals surface area contributed by atoms with Gasteiger partial charge in [-0.2, -0.15) is 0 Å². The molecule has 2 N–H and O–H groups in total. The van der Waals surface area contributed by atoms with Crippen LogP contribution in [-0.2, 0) is 5.54 Å². The first kappa shape index (κ1) is 28.0. The number of nitrogens with one attached hydrogen (secondary N) is 2. The first-order valence-electron chi connectivity index (χ1n) is 12.0. The van der Waals surface area contributed by atoms with E-state index in [0.717, 1.165) is 0 Å². The average molecular weight is 599 g/mol. The quantitative estimate of drug-likeness (QED) is 0.268. The van der Waals surface area contributed by atoms with Gasteiger partial charge < -0.3 is 0 Å². The Kier molecular flexibility index (Phi) is 8.06. The van der Waals surface area contributed by atoms with Gasteiger partial charge in [-0.15, -0.1) is 0 Å². The third-order valence-corrected chi connectivity index (χ3v) is 7.74. The predicted octanol–water partition coefficient (Wildman–Crippen LogP) is 2.37. The molecule has 4 rings (SSSR count). The molecule has 0 unspecified atom stereocenters. The Hall–Kier alpha value is -3.07. The first-order chi connectivity index (χ1) is 17.8. The van der Waals surface area contributed by atoms with Crippen LogP contribution in [0.4, 0.5) is 23.4 Å². The number of hydrogen-bond donors (Lipinski definition) is 2. The monoisotopic (exact) mass is 599 g/mol. The Balaban J connectivity index is 1.55. The molecular weight excluding hydrogens is 569 g/mol. The molecule has 0 radical (unpaired) electrons. The van der Waals surface area contributed by atoms with E-state index in [1.807, 2.05) is 32.7 Å². The van der Waals surface area contributed by atoms with Crippen LogP contribution >= 0.6 is 0 Å². The number of aromatic nitrogens is 4. The molecular formula is C25H29F4N7OSe. The van der Waals surface area contributed by atoms with Gasteiger partial charge in [0, 0.05) is 0 Å². The van der Waals surface area contributed by atoms with Crippen molar-refractivity contribution in [3.8, 4) is 11.8 Å². The molecule has 1 aliphatic heterocycles. The number of alkyl halides is 4. The Bertz CT molecular complexity index is 1370. The maximum absolute atomic E-state index is 14.6. The van der Waals surface area contributed by atoms with Crippen molar-refractivity contribution in [3.63, 3.8) is 0 Å². The van der Waals surface area contributed by atoms with Crippen molar-refractivity contribution in [3.05, 3.63) is 41.9 Å². The Labute approximate surface area is 224 Å². The van der Waals surface area contributed by atoms with Crippen LogP contribution in [0.3, 0.4) is 0 Å².